The summed E-state index contributed by atoms with van der Waals surface area (Å²) in [6.45, 7) is 7.83. The summed E-state index contributed by atoms with van der Waals surface area (Å²) >= 11 is 0. The quantitative estimate of drug-likeness (QED) is 0.805. The second-order valence-electron chi connectivity index (χ2n) is 4.13. The smallest absolute Gasteiger partial charge is 0.213 e. The number of rotatable bonds is 5. The van der Waals surface area contributed by atoms with Gasteiger partial charge in [-0.15, -0.1) is 0 Å². The highest BCUT2D eigenvalue weighted by atomic mass is 16.5. The number of nitrogens with one attached hydrogen (secondary N) is 1. The van der Waals surface area contributed by atoms with Crippen LogP contribution in [0.1, 0.15) is 25.1 Å². The normalized spacial score (nSPS) is 10.7. The minimum Gasteiger partial charge on any atom is -0.477 e. The van der Waals surface area contributed by atoms with Crippen molar-refractivity contribution in [1.82, 2.24) is 10.3 Å². The van der Waals surface area contributed by atoms with Crippen molar-refractivity contribution in [2.75, 3.05) is 13.7 Å². The van der Waals surface area contributed by atoms with E-state index >= 15 is 0 Å². The highest BCUT2D eigenvalue weighted by Gasteiger charge is 2.02. The van der Waals surface area contributed by atoms with E-state index in [1.165, 1.54) is 5.56 Å². The Bertz CT molecular complexity index is 310. The van der Waals surface area contributed by atoms with E-state index in [9.17, 15) is 0 Å². The lowest BCUT2D eigenvalue weighted by Crippen LogP contribution is -2.09. The molecule has 1 heterocycles. The van der Waals surface area contributed by atoms with E-state index in [1.54, 1.807) is 0 Å². The number of pyridine rings is 1. The van der Waals surface area contributed by atoms with Crippen LogP contribution < -0.4 is 10.1 Å². The van der Waals surface area contributed by atoms with Gasteiger partial charge in [0.2, 0.25) is 5.88 Å². The first kappa shape index (κ1) is 12.0. The summed E-state index contributed by atoms with van der Waals surface area (Å²) in [4.78, 5) is 4.40. The molecule has 3 nitrogen and oxygen atoms in total. The Hall–Kier alpha value is -1.09. The van der Waals surface area contributed by atoms with Crippen LogP contribution in [0, 0.1) is 12.8 Å². The standard InChI is InChI=1S/C12H20N2O/c1-9(2)8-15-12-6-5-11(7-13-4)10(3)14-12/h5-6,9,13H,7-8H2,1-4H3. The van der Waals surface area contributed by atoms with Crippen molar-refractivity contribution in [3.05, 3.63) is 23.4 Å². The minimum absolute atomic E-state index is 0.532. The molecule has 0 aliphatic carbocycles. The van der Waals surface area contributed by atoms with Crippen LogP contribution in [-0.4, -0.2) is 18.6 Å². The molecule has 0 aromatic carbocycles. The van der Waals surface area contributed by atoms with Crippen molar-refractivity contribution in [3.8, 4) is 5.88 Å². The maximum absolute atomic E-state index is 5.55. The molecule has 0 atom stereocenters. The molecule has 84 valence electrons. The maximum atomic E-state index is 5.55. The lowest BCUT2D eigenvalue weighted by Gasteiger charge is -2.10. The summed E-state index contributed by atoms with van der Waals surface area (Å²) < 4.78 is 5.55. The van der Waals surface area contributed by atoms with Crippen molar-refractivity contribution >= 4 is 0 Å². The minimum atomic E-state index is 0.532. The Balaban J connectivity index is 2.64. The molecule has 1 N–H and O–H groups in total. The van der Waals surface area contributed by atoms with Crippen LogP contribution in [0.3, 0.4) is 0 Å². The molecule has 15 heavy (non-hydrogen) atoms. The van der Waals surface area contributed by atoms with Gasteiger partial charge in [0.25, 0.3) is 0 Å². The van der Waals surface area contributed by atoms with Gasteiger partial charge in [0.15, 0.2) is 0 Å². The molecule has 0 bridgehead atoms. The van der Waals surface area contributed by atoms with Gasteiger partial charge in [-0.2, -0.15) is 0 Å². The van der Waals surface area contributed by atoms with Crippen molar-refractivity contribution in [2.24, 2.45) is 5.92 Å². The molecule has 0 saturated carbocycles. The zero-order valence-electron chi connectivity index (χ0n) is 10.0. The van der Waals surface area contributed by atoms with Crippen LogP contribution in [0.15, 0.2) is 12.1 Å². The summed E-state index contributed by atoms with van der Waals surface area (Å²) in [5.74, 6) is 1.25. The monoisotopic (exact) mass is 208 g/mol. The fourth-order valence-electron chi connectivity index (χ4n) is 1.28. The number of ether oxygens (including phenoxy) is 1. The van der Waals surface area contributed by atoms with Crippen molar-refractivity contribution < 1.29 is 4.74 Å². The Morgan fingerprint density at radius 1 is 1.40 bits per heavy atom. The molecule has 1 aromatic heterocycles. The summed E-state index contributed by atoms with van der Waals surface area (Å²) in [5, 5.41) is 3.11. The van der Waals surface area contributed by atoms with Gasteiger partial charge in [-0.1, -0.05) is 19.9 Å². The van der Waals surface area contributed by atoms with Crippen LogP contribution in [0.25, 0.3) is 0 Å². The third-order valence-corrected chi connectivity index (χ3v) is 2.10. The molecule has 0 aliphatic rings. The average Bonchev–Trinajstić information content (AvgIpc) is 2.19. The number of hydrogen-bond acceptors (Lipinski definition) is 3. The van der Waals surface area contributed by atoms with E-state index in [0.29, 0.717) is 5.92 Å². The van der Waals surface area contributed by atoms with Gasteiger partial charge < -0.3 is 10.1 Å². The number of hydrogen-bond donors (Lipinski definition) is 1. The van der Waals surface area contributed by atoms with E-state index < -0.39 is 0 Å². The third-order valence-electron chi connectivity index (χ3n) is 2.10. The Morgan fingerprint density at radius 2 is 2.13 bits per heavy atom. The van der Waals surface area contributed by atoms with Gasteiger partial charge in [-0.25, -0.2) is 4.98 Å². The number of aryl methyl sites for hydroxylation is 1. The average molecular weight is 208 g/mol. The van der Waals surface area contributed by atoms with E-state index in [1.807, 2.05) is 20.0 Å². The van der Waals surface area contributed by atoms with E-state index in [0.717, 1.165) is 24.7 Å². The lowest BCUT2D eigenvalue weighted by atomic mass is 10.2. The fourth-order valence-corrected chi connectivity index (χ4v) is 1.28. The highest BCUT2D eigenvalue weighted by molar-refractivity contribution is 5.24. The Kier molecular flexibility index (Phi) is 4.56. The van der Waals surface area contributed by atoms with Crippen LogP contribution >= 0.6 is 0 Å². The summed E-state index contributed by atoms with van der Waals surface area (Å²) in [7, 11) is 1.93. The summed E-state index contributed by atoms with van der Waals surface area (Å²) in [5.41, 5.74) is 2.25. The molecule has 0 saturated heterocycles. The molecule has 0 amide bonds. The lowest BCUT2D eigenvalue weighted by molar-refractivity contribution is 0.261. The summed E-state index contributed by atoms with van der Waals surface area (Å²) in [6, 6.07) is 4.00. The number of nitrogens with zero attached hydrogens (tertiary/aromatic N) is 1. The van der Waals surface area contributed by atoms with E-state index in [-0.39, 0.29) is 0 Å². The molecular weight excluding hydrogens is 188 g/mol. The fraction of sp³-hybridized carbons (Fsp3) is 0.583. The SMILES string of the molecule is CNCc1ccc(OCC(C)C)nc1C. The molecule has 0 spiro atoms. The molecular formula is C12H20N2O. The molecule has 0 aliphatic heterocycles. The second-order valence-corrected chi connectivity index (χ2v) is 4.13. The first-order valence-corrected chi connectivity index (χ1v) is 5.37. The molecule has 1 rings (SSSR count). The van der Waals surface area contributed by atoms with Gasteiger partial charge >= 0.3 is 0 Å². The molecule has 0 fully saturated rings. The van der Waals surface area contributed by atoms with Crippen LogP contribution in [0.5, 0.6) is 5.88 Å². The molecule has 0 unspecified atom stereocenters. The topological polar surface area (TPSA) is 34.1 Å². The van der Waals surface area contributed by atoms with Gasteiger partial charge in [0.1, 0.15) is 0 Å². The molecule has 1 aromatic rings. The largest absolute Gasteiger partial charge is 0.477 e. The Labute approximate surface area is 91.9 Å². The van der Waals surface area contributed by atoms with Crippen LogP contribution in [-0.2, 0) is 6.54 Å². The maximum Gasteiger partial charge on any atom is 0.213 e. The van der Waals surface area contributed by atoms with Gasteiger partial charge in [-0.05, 0) is 25.5 Å². The zero-order valence-corrected chi connectivity index (χ0v) is 10.0. The van der Waals surface area contributed by atoms with E-state index in [2.05, 4.69) is 30.2 Å². The van der Waals surface area contributed by atoms with Crippen LogP contribution in [0.4, 0.5) is 0 Å². The Morgan fingerprint density at radius 3 is 2.67 bits per heavy atom. The first-order chi connectivity index (χ1) is 7.13. The highest BCUT2D eigenvalue weighted by Crippen LogP contribution is 2.13. The van der Waals surface area contributed by atoms with E-state index in [4.69, 9.17) is 4.74 Å². The van der Waals surface area contributed by atoms with Gasteiger partial charge in [-0.3, -0.25) is 0 Å². The van der Waals surface area contributed by atoms with Gasteiger partial charge in [0.05, 0.1) is 6.61 Å². The van der Waals surface area contributed by atoms with Crippen molar-refractivity contribution in [3.63, 3.8) is 0 Å². The predicted molar refractivity (Wildman–Crippen MR) is 62.1 cm³/mol. The second kappa shape index (κ2) is 5.71. The molecule has 0 radical (unpaired) electrons. The zero-order chi connectivity index (χ0) is 11.3. The predicted octanol–water partition coefficient (Wildman–Crippen LogP) is 2.14. The van der Waals surface area contributed by atoms with Crippen molar-refractivity contribution in [2.45, 2.75) is 27.3 Å². The third kappa shape index (κ3) is 3.88. The summed E-state index contributed by atoms with van der Waals surface area (Å²) in [6.07, 6.45) is 0. The van der Waals surface area contributed by atoms with Crippen molar-refractivity contribution in [1.29, 1.82) is 0 Å². The number of aromatic nitrogens is 1. The molecule has 3 heteroatoms. The first-order valence-electron chi connectivity index (χ1n) is 5.37. The van der Waals surface area contributed by atoms with Crippen LogP contribution in [0.2, 0.25) is 0 Å². The van der Waals surface area contributed by atoms with Gasteiger partial charge in [0, 0.05) is 18.3 Å².